The SMILES string of the molecule is Cc1cc(OC(=O)c2ccc(=O)n(C)n2)cc(C)c1Cl. The average molecular weight is 293 g/mol. The fraction of sp³-hybridized carbons (Fsp3) is 0.214. The van der Waals surface area contributed by atoms with Gasteiger partial charge in [0.25, 0.3) is 5.56 Å². The Kier molecular flexibility index (Phi) is 3.90. The third-order valence-corrected chi connectivity index (χ3v) is 3.39. The van der Waals surface area contributed by atoms with Crippen LogP contribution in [0.15, 0.2) is 29.1 Å². The molecule has 6 heteroatoms. The van der Waals surface area contributed by atoms with Crippen LogP contribution in [-0.4, -0.2) is 15.7 Å². The number of rotatable bonds is 2. The minimum atomic E-state index is -0.623. The largest absolute Gasteiger partial charge is 0.422 e. The topological polar surface area (TPSA) is 61.2 Å². The van der Waals surface area contributed by atoms with Gasteiger partial charge in [-0.3, -0.25) is 4.79 Å². The van der Waals surface area contributed by atoms with Gasteiger partial charge in [-0.2, -0.15) is 5.10 Å². The molecule has 0 aliphatic heterocycles. The van der Waals surface area contributed by atoms with Crippen LogP contribution in [0, 0.1) is 13.8 Å². The molecule has 1 aromatic carbocycles. The van der Waals surface area contributed by atoms with Crippen LogP contribution in [-0.2, 0) is 7.05 Å². The van der Waals surface area contributed by atoms with Gasteiger partial charge in [0.05, 0.1) is 0 Å². The Labute approximate surface area is 120 Å². The Hall–Kier alpha value is -2.14. The molecule has 0 fully saturated rings. The molecular formula is C14H13ClN2O3. The Balaban J connectivity index is 2.27. The number of nitrogens with zero attached hydrogens (tertiary/aromatic N) is 2. The van der Waals surface area contributed by atoms with Crippen LogP contribution < -0.4 is 10.3 Å². The van der Waals surface area contributed by atoms with E-state index in [9.17, 15) is 9.59 Å². The molecule has 0 aliphatic rings. The zero-order valence-electron chi connectivity index (χ0n) is 11.3. The number of benzene rings is 1. The number of carbonyl (C=O) groups excluding carboxylic acids is 1. The number of halogens is 1. The van der Waals surface area contributed by atoms with E-state index in [1.165, 1.54) is 19.2 Å². The molecule has 1 heterocycles. The van der Waals surface area contributed by atoms with Gasteiger partial charge >= 0.3 is 5.97 Å². The highest BCUT2D eigenvalue weighted by atomic mass is 35.5. The molecule has 0 unspecified atom stereocenters. The van der Waals surface area contributed by atoms with E-state index in [-0.39, 0.29) is 11.3 Å². The number of aryl methyl sites for hydroxylation is 3. The summed E-state index contributed by atoms with van der Waals surface area (Å²) in [5, 5.41) is 4.48. The molecular weight excluding hydrogens is 280 g/mol. The minimum Gasteiger partial charge on any atom is -0.422 e. The minimum absolute atomic E-state index is 0.0670. The molecule has 0 amide bonds. The lowest BCUT2D eigenvalue weighted by atomic mass is 10.1. The van der Waals surface area contributed by atoms with Gasteiger partial charge in [-0.15, -0.1) is 0 Å². The van der Waals surface area contributed by atoms with Crippen molar-refractivity contribution in [1.29, 1.82) is 0 Å². The third-order valence-electron chi connectivity index (χ3n) is 2.79. The molecule has 0 saturated carbocycles. The van der Waals surface area contributed by atoms with Crippen LogP contribution in [0.2, 0.25) is 5.02 Å². The Morgan fingerprint density at radius 2 is 1.85 bits per heavy atom. The van der Waals surface area contributed by atoms with Crippen molar-refractivity contribution < 1.29 is 9.53 Å². The number of carbonyl (C=O) groups is 1. The van der Waals surface area contributed by atoms with Crippen molar-refractivity contribution in [3.8, 4) is 5.75 Å². The Morgan fingerprint density at radius 3 is 2.40 bits per heavy atom. The molecule has 0 N–H and O–H groups in total. The second kappa shape index (κ2) is 5.46. The number of hydrogen-bond donors (Lipinski definition) is 0. The van der Waals surface area contributed by atoms with Gasteiger partial charge in [0, 0.05) is 18.1 Å². The van der Waals surface area contributed by atoms with Crippen LogP contribution >= 0.6 is 11.6 Å². The van der Waals surface area contributed by atoms with E-state index in [0.717, 1.165) is 15.8 Å². The molecule has 104 valence electrons. The molecule has 0 radical (unpaired) electrons. The van der Waals surface area contributed by atoms with Gasteiger partial charge in [0.15, 0.2) is 5.69 Å². The van der Waals surface area contributed by atoms with Crippen molar-refractivity contribution in [2.24, 2.45) is 7.05 Å². The first-order chi connectivity index (χ1) is 9.38. The molecule has 2 aromatic rings. The number of aromatic nitrogens is 2. The fourth-order valence-corrected chi connectivity index (χ4v) is 1.84. The van der Waals surface area contributed by atoms with Crippen molar-refractivity contribution in [2.45, 2.75) is 13.8 Å². The first-order valence-corrected chi connectivity index (χ1v) is 6.29. The van der Waals surface area contributed by atoms with Crippen LogP contribution in [0.25, 0.3) is 0 Å². The van der Waals surface area contributed by atoms with Gasteiger partial charge in [0.1, 0.15) is 5.75 Å². The van der Waals surface area contributed by atoms with Gasteiger partial charge in [-0.25, -0.2) is 9.48 Å². The van der Waals surface area contributed by atoms with Crippen molar-refractivity contribution in [2.75, 3.05) is 0 Å². The van der Waals surface area contributed by atoms with E-state index in [4.69, 9.17) is 16.3 Å². The number of hydrogen-bond acceptors (Lipinski definition) is 4. The maximum Gasteiger partial charge on any atom is 0.364 e. The molecule has 0 atom stereocenters. The zero-order valence-corrected chi connectivity index (χ0v) is 12.1. The Bertz CT molecular complexity index is 714. The highest BCUT2D eigenvalue weighted by Gasteiger charge is 2.13. The van der Waals surface area contributed by atoms with E-state index in [1.54, 1.807) is 12.1 Å². The smallest absolute Gasteiger partial charge is 0.364 e. The summed E-state index contributed by atoms with van der Waals surface area (Å²) in [6.45, 7) is 3.66. The van der Waals surface area contributed by atoms with E-state index in [0.29, 0.717) is 10.8 Å². The molecule has 0 aliphatic carbocycles. The van der Waals surface area contributed by atoms with Crippen molar-refractivity contribution in [1.82, 2.24) is 9.78 Å². The second-order valence-corrected chi connectivity index (χ2v) is 4.82. The molecule has 1 aromatic heterocycles. The molecule has 0 spiro atoms. The molecule has 0 bridgehead atoms. The van der Waals surface area contributed by atoms with Crippen LogP contribution in [0.3, 0.4) is 0 Å². The van der Waals surface area contributed by atoms with E-state index in [1.807, 2.05) is 13.8 Å². The van der Waals surface area contributed by atoms with Crippen molar-refractivity contribution >= 4 is 17.6 Å². The van der Waals surface area contributed by atoms with Crippen molar-refractivity contribution in [3.63, 3.8) is 0 Å². The summed E-state index contributed by atoms with van der Waals surface area (Å²) >= 11 is 6.05. The lowest BCUT2D eigenvalue weighted by molar-refractivity contribution is 0.0726. The summed E-state index contributed by atoms with van der Waals surface area (Å²) < 4.78 is 6.31. The summed E-state index contributed by atoms with van der Waals surface area (Å²) in [6.07, 6.45) is 0. The maximum atomic E-state index is 12.0. The van der Waals surface area contributed by atoms with Crippen LogP contribution in [0.1, 0.15) is 21.6 Å². The standard InChI is InChI=1S/C14H13ClN2O3/c1-8-6-10(7-9(2)13(8)15)20-14(19)11-4-5-12(18)17(3)16-11/h4-7H,1-3H3. The summed E-state index contributed by atoms with van der Waals surface area (Å²) in [7, 11) is 1.47. The molecule has 5 nitrogen and oxygen atoms in total. The lowest BCUT2D eigenvalue weighted by Crippen LogP contribution is -2.22. The Morgan fingerprint density at radius 1 is 1.25 bits per heavy atom. The third kappa shape index (κ3) is 2.88. The van der Waals surface area contributed by atoms with Gasteiger partial charge in [0.2, 0.25) is 0 Å². The van der Waals surface area contributed by atoms with Crippen molar-refractivity contribution in [3.05, 3.63) is 56.5 Å². The first kappa shape index (κ1) is 14.3. The van der Waals surface area contributed by atoms with E-state index in [2.05, 4.69) is 5.10 Å². The van der Waals surface area contributed by atoms with Gasteiger partial charge in [-0.05, 0) is 43.2 Å². The average Bonchev–Trinajstić information content (AvgIpc) is 2.39. The summed E-state index contributed by atoms with van der Waals surface area (Å²) in [5.74, 6) is -0.230. The second-order valence-electron chi connectivity index (χ2n) is 4.44. The fourth-order valence-electron chi connectivity index (χ4n) is 1.74. The maximum absolute atomic E-state index is 12.0. The highest BCUT2D eigenvalue weighted by molar-refractivity contribution is 6.32. The monoisotopic (exact) mass is 292 g/mol. The van der Waals surface area contributed by atoms with E-state index < -0.39 is 5.97 Å². The molecule has 0 saturated heterocycles. The zero-order chi connectivity index (χ0) is 14.9. The first-order valence-electron chi connectivity index (χ1n) is 5.92. The predicted octanol–water partition coefficient (Wildman–Crippen LogP) is 2.27. The quantitative estimate of drug-likeness (QED) is 0.629. The van der Waals surface area contributed by atoms with Crippen LogP contribution in [0.4, 0.5) is 0 Å². The van der Waals surface area contributed by atoms with Gasteiger partial charge < -0.3 is 4.74 Å². The van der Waals surface area contributed by atoms with Crippen LogP contribution in [0.5, 0.6) is 5.75 Å². The normalized spacial score (nSPS) is 10.4. The summed E-state index contributed by atoms with van der Waals surface area (Å²) in [5.41, 5.74) is 1.42. The number of ether oxygens (including phenoxy) is 1. The predicted molar refractivity (Wildman–Crippen MR) is 75.4 cm³/mol. The molecule has 20 heavy (non-hydrogen) atoms. The molecule has 2 rings (SSSR count). The van der Waals surface area contributed by atoms with E-state index >= 15 is 0 Å². The summed E-state index contributed by atoms with van der Waals surface area (Å²) in [4.78, 5) is 23.2. The number of esters is 1. The summed E-state index contributed by atoms with van der Waals surface area (Å²) in [6, 6.07) is 5.95. The highest BCUT2D eigenvalue weighted by Crippen LogP contribution is 2.26. The van der Waals surface area contributed by atoms with Gasteiger partial charge in [-0.1, -0.05) is 11.6 Å². The lowest BCUT2D eigenvalue weighted by Gasteiger charge is -2.08.